The van der Waals surface area contributed by atoms with Crippen molar-refractivity contribution >= 4 is 11.3 Å². The van der Waals surface area contributed by atoms with Gasteiger partial charge in [-0.3, -0.25) is 4.90 Å². The van der Waals surface area contributed by atoms with Crippen LogP contribution in [0.15, 0.2) is 12.1 Å². The molecule has 0 spiro atoms. The number of hydrogen-bond donors (Lipinski definition) is 1. The topological polar surface area (TPSA) is 15.3 Å². The van der Waals surface area contributed by atoms with Crippen molar-refractivity contribution in [2.45, 2.75) is 46.7 Å². The molecule has 0 saturated heterocycles. The third kappa shape index (κ3) is 5.19. The van der Waals surface area contributed by atoms with Crippen LogP contribution in [0.4, 0.5) is 0 Å². The molecule has 0 aliphatic heterocycles. The van der Waals surface area contributed by atoms with E-state index in [2.05, 4.69) is 50.0 Å². The Hall–Kier alpha value is -0.380. The summed E-state index contributed by atoms with van der Waals surface area (Å²) in [4.78, 5) is 5.37. The fourth-order valence-corrected chi connectivity index (χ4v) is 2.82. The van der Waals surface area contributed by atoms with Gasteiger partial charge >= 0.3 is 0 Å². The van der Waals surface area contributed by atoms with Gasteiger partial charge < -0.3 is 5.32 Å². The van der Waals surface area contributed by atoms with Crippen molar-refractivity contribution in [1.29, 1.82) is 0 Å². The van der Waals surface area contributed by atoms with Crippen LogP contribution in [0.1, 0.15) is 36.9 Å². The molecule has 1 atom stereocenters. The van der Waals surface area contributed by atoms with E-state index in [9.17, 15) is 0 Å². The summed E-state index contributed by atoms with van der Waals surface area (Å²) in [5, 5.41) is 3.53. The first-order valence-electron chi connectivity index (χ1n) is 6.67. The summed E-state index contributed by atoms with van der Waals surface area (Å²) in [6.07, 6.45) is 1.23. The molecule has 98 valence electrons. The molecule has 0 saturated carbocycles. The predicted molar refractivity (Wildman–Crippen MR) is 77.8 cm³/mol. The molecule has 1 aromatic rings. The van der Waals surface area contributed by atoms with Gasteiger partial charge in [-0.1, -0.05) is 13.8 Å². The van der Waals surface area contributed by atoms with Crippen LogP contribution in [0, 0.1) is 6.92 Å². The zero-order valence-electron chi connectivity index (χ0n) is 11.6. The molecule has 0 aliphatic rings. The molecule has 2 nitrogen and oxygen atoms in total. The fourth-order valence-electron chi connectivity index (χ4n) is 1.96. The Morgan fingerprint density at radius 3 is 2.65 bits per heavy atom. The summed E-state index contributed by atoms with van der Waals surface area (Å²) in [6, 6.07) is 5.11. The molecule has 1 rings (SSSR count). The van der Waals surface area contributed by atoms with Crippen molar-refractivity contribution in [1.82, 2.24) is 10.2 Å². The number of nitrogens with one attached hydrogen (secondary N) is 1. The van der Waals surface area contributed by atoms with Crippen molar-refractivity contribution in [3.63, 3.8) is 0 Å². The van der Waals surface area contributed by atoms with Gasteiger partial charge in [-0.05, 0) is 38.9 Å². The van der Waals surface area contributed by atoms with E-state index in [1.165, 1.54) is 16.2 Å². The van der Waals surface area contributed by atoms with Crippen LogP contribution in [0.2, 0.25) is 0 Å². The highest BCUT2D eigenvalue weighted by Crippen LogP contribution is 2.14. The lowest BCUT2D eigenvalue weighted by Gasteiger charge is -2.26. The van der Waals surface area contributed by atoms with Crippen LogP contribution >= 0.6 is 11.3 Å². The van der Waals surface area contributed by atoms with Crippen LogP contribution in [0.3, 0.4) is 0 Å². The highest BCUT2D eigenvalue weighted by atomic mass is 32.1. The lowest BCUT2D eigenvalue weighted by Crippen LogP contribution is -2.37. The number of nitrogens with zero attached hydrogens (tertiary/aromatic N) is 1. The van der Waals surface area contributed by atoms with Crippen molar-refractivity contribution < 1.29 is 0 Å². The van der Waals surface area contributed by atoms with E-state index >= 15 is 0 Å². The summed E-state index contributed by atoms with van der Waals surface area (Å²) < 4.78 is 0. The third-order valence-electron chi connectivity index (χ3n) is 3.29. The Balaban J connectivity index is 2.18. The van der Waals surface area contributed by atoms with Crippen LogP contribution in [-0.2, 0) is 6.54 Å². The molecular weight excluding hydrogens is 228 g/mol. The number of rotatable bonds is 8. The smallest absolute Gasteiger partial charge is 0.0300 e. The average Bonchev–Trinajstić information content (AvgIpc) is 2.74. The van der Waals surface area contributed by atoms with E-state index in [1.807, 2.05) is 11.3 Å². The molecule has 0 bridgehead atoms. The normalized spacial score (nSPS) is 13.2. The molecule has 1 heterocycles. The summed E-state index contributed by atoms with van der Waals surface area (Å²) in [6.45, 7) is 13.4. The van der Waals surface area contributed by atoms with Crippen LogP contribution in [0.5, 0.6) is 0 Å². The maximum absolute atomic E-state index is 3.53. The largest absolute Gasteiger partial charge is 0.311 e. The van der Waals surface area contributed by atoms with Gasteiger partial charge in [-0.2, -0.15) is 0 Å². The van der Waals surface area contributed by atoms with Gasteiger partial charge in [0.15, 0.2) is 0 Å². The molecule has 0 aliphatic carbocycles. The summed E-state index contributed by atoms with van der Waals surface area (Å²) in [5.74, 6) is 0. The molecule has 3 heteroatoms. The number of aryl methyl sites for hydroxylation is 1. The van der Waals surface area contributed by atoms with E-state index < -0.39 is 0 Å². The van der Waals surface area contributed by atoms with E-state index in [0.29, 0.717) is 6.04 Å². The number of likely N-dealkylation sites (N-methyl/N-ethyl adjacent to an activating group) is 1. The van der Waals surface area contributed by atoms with Crippen molar-refractivity contribution in [2.24, 2.45) is 0 Å². The highest BCUT2D eigenvalue weighted by Gasteiger charge is 2.08. The van der Waals surface area contributed by atoms with Gasteiger partial charge in [0.05, 0.1) is 0 Å². The van der Waals surface area contributed by atoms with E-state index in [-0.39, 0.29) is 0 Å². The zero-order chi connectivity index (χ0) is 12.7. The zero-order valence-corrected chi connectivity index (χ0v) is 12.4. The standard InChI is InChI=1S/C14H26N2S/c1-5-12(3)16(6-2)10-9-15-11-14-8-7-13(4)17-14/h7-8,12,15H,5-6,9-11H2,1-4H3. The minimum absolute atomic E-state index is 0.700. The van der Waals surface area contributed by atoms with E-state index in [1.54, 1.807) is 0 Å². The Morgan fingerprint density at radius 1 is 1.35 bits per heavy atom. The predicted octanol–water partition coefficient (Wildman–Crippen LogP) is 3.27. The van der Waals surface area contributed by atoms with Crippen molar-refractivity contribution in [3.8, 4) is 0 Å². The van der Waals surface area contributed by atoms with E-state index in [0.717, 1.165) is 26.2 Å². The monoisotopic (exact) mass is 254 g/mol. The van der Waals surface area contributed by atoms with Crippen LogP contribution in [0.25, 0.3) is 0 Å². The Morgan fingerprint density at radius 2 is 2.12 bits per heavy atom. The van der Waals surface area contributed by atoms with Gasteiger partial charge in [-0.15, -0.1) is 11.3 Å². The molecular formula is C14H26N2S. The van der Waals surface area contributed by atoms with Crippen LogP contribution < -0.4 is 5.32 Å². The lowest BCUT2D eigenvalue weighted by molar-refractivity contribution is 0.215. The summed E-state index contributed by atoms with van der Waals surface area (Å²) >= 11 is 1.89. The Bertz CT molecular complexity index is 309. The second kappa shape index (κ2) is 7.85. The van der Waals surface area contributed by atoms with Crippen LogP contribution in [-0.4, -0.2) is 30.6 Å². The van der Waals surface area contributed by atoms with Crippen molar-refractivity contribution in [3.05, 3.63) is 21.9 Å². The minimum atomic E-state index is 0.700. The maximum Gasteiger partial charge on any atom is 0.0300 e. The Kier molecular flexibility index (Phi) is 6.78. The van der Waals surface area contributed by atoms with Gasteiger partial charge in [0, 0.05) is 35.4 Å². The molecule has 1 aromatic heterocycles. The van der Waals surface area contributed by atoms with E-state index in [4.69, 9.17) is 0 Å². The molecule has 1 N–H and O–H groups in total. The molecule has 0 amide bonds. The van der Waals surface area contributed by atoms with Crippen molar-refractivity contribution in [2.75, 3.05) is 19.6 Å². The average molecular weight is 254 g/mol. The first-order chi connectivity index (χ1) is 8.17. The summed E-state index contributed by atoms with van der Waals surface area (Å²) in [5.41, 5.74) is 0. The SMILES string of the molecule is CCC(C)N(CC)CCNCc1ccc(C)s1. The molecule has 0 fully saturated rings. The number of thiophene rings is 1. The third-order valence-corrected chi connectivity index (χ3v) is 4.29. The second-order valence-electron chi connectivity index (χ2n) is 4.57. The molecule has 0 radical (unpaired) electrons. The molecule has 17 heavy (non-hydrogen) atoms. The second-order valence-corrected chi connectivity index (χ2v) is 5.95. The first-order valence-corrected chi connectivity index (χ1v) is 7.49. The molecule has 0 aromatic carbocycles. The maximum atomic E-state index is 3.53. The lowest BCUT2D eigenvalue weighted by atomic mass is 10.2. The van der Waals surface area contributed by atoms with Gasteiger partial charge in [0.1, 0.15) is 0 Å². The highest BCUT2D eigenvalue weighted by molar-refractivity contribution is 7.11. The quantitative estimate of drug-likeness (QED) is 0.716. The Labute approximate surface area is 110 Å². The summed E-state index contributed by atoms with van der Waals surface area (Å²) in [7, 11) is 0. The fraction of sp³-hybridized carbons (Fsp3) is 0.714. The molecule has 1 unspecified atom stereocenters. The number of hydrogen-bond acceptors (Lipinski definition) is 3. The van der Waals surface area contributed by atoms with Gasteiger partial charge in [0.2, 0.25) is 0 Å². The van der Waals surface area contributed by atoms with Gasteiger partial charge in [-0.25, -0.2) is 0 Å². The first kappa shape index (κ1) is 14.7. The minimum Gasteiger partial charge on any atom is -0.311 e. The van der Waals surface area contributed by atoms with Gasteiger partial charge in [0.25, 0.3) is 0 Å².